The molecule has 0 spiro atoms. The van der Waals surface area contributed by atoms with Crippen LogP contribution >= 0.6 is 11.6 Å². The van der Waals surface area contributed by atoms with Crippen LogP contribution < -0.4 is 4.74 Å². The molecule has 16 heavy (non-hydrogen) atoms. The molecule has 1 aliphatic rings. The fourth-order valence-electron chi connectivity index (χ4n) is 1.72. The molecule has 0 aromatic carbocycles. The van der Waals surface area contributed by atoms with Crippen LogP contribution in [0, 0.1) is 0 Å². The second kappa shape index (κ2) is 4.70. The first-order valence-corrected chi connectivity index (χ1v) is 5.53. The highest BCUT2D eigenvalue weighted by atomic mass is 35.5. The Morgan fingerprint density at radius 2 is 2.44 bits per heavy atom. The van der Waals surface area contributed by atoms with E-state index in [0.717, 1.165) is 5.56 Å². The van der Waals surface area contributed by atoms with Crippen LogP contribution in [0.1, 0.15) is 12.0 Å². The van der Waals surface area contributed by atoms with Crippen LogP contribution in [0.5, 0.6) is 5.88 Å². The lowest BCUT2D eigenvalue weighted by atomic mass is 10.2. The third-order valence-corrected chi connectivity index (χ3v) is 2.84. The Morgan fingerprint density at radius 1 is 1.62 bits per heavy atom. The second-order valence-electron chi connectivity index (χ2n) is 3.78. The van der Waals surface area contributed by atoms with Gasteiger partial charge in [-0.1, -0.05) is 6.07 Å². The normalized spacial score (nSPS) is 20.2. The second-order valence-corrected chi connectivity index (χ2v) is 4.40. The Morgan fingerprint density at radius 3 is 2.94 bits per heavy atom. The molecule has 1 saturated heterocycles. The van der Waals surface area contributed by atoms with Crippen molar-refractivity contribution in [3.8, 4) is 5.88 Å². The lowest BCUT2D eigenvalue weighted by Crippen LogP contribution is -2.24. The maximum absolute atomic E-state index is 11.5. The van der Waals surface area contributed by atoms with Crippen molar-refractivity contribution in [1.29, 1.82) is 0 Å². The predicted octanol–water partition coefficient (Wildman–Crippen LogP) is 1.43. The number of rotatable bonds is 3. The first kappa shape index (κ1) is 11.2. The highest BCUT2D eigenvalue weighted by Gasteiger charge is 2.27. The largest absolute Gasteiger partial charge is 0.481 e. The standard InChI is InChI=1S/C11H13ClN2O2/c1-16-10-3-2-8(5-13-10)6-14-7-9(12)4-11(14)15/h2-3,5,9H,4,6-7H2,1H3. The summed E-state index contributed by atoms with van der Waals surface area (Å²) in [5, 5.41) is -0.0568. The van der Waals surface area contributed by atoms with Crippen molar-refractivity contribution in [2.45, 2.75) is 18.3 Å². The molecule has 1 aromatic heterocycles. The summed E-state index contributed by atoms with van der Waals surface area (Å²) in [5.41, 5.74) is 0.986. The van der Waals surface area contributed by atoms with Gasteiger partial charge in [-0.2, -0.15) is 0 Å². The van der Waals surface area contributed by atoms with Gasteiger partial charge in [0.2, 0.25) is 11.8 Å². The third-order valence-electron chi connectivity index (χ3n) is 2.55. The number of carbonyl (C=O) groups excluding carboxylic acids is 1. The molecule has 0 N–H and O–H groups in total. The summed E-state index contributed by atoms with van der Waals surface area (Å²) in [6, 6.07) is 3.69. The molecule has 0 bridgehead atoms. The lowest BCUT2D eigenvalue weighted by Gasteiger charge is -2.15. The van der Waals surface area contributed by atoms with Crippen molar-refractivity contribution in [3.05, 3.63) is 23.9 Å². The minimum Gasteiger partial charge on any atom is -0.481 e. The van der Waals surface area contributed by atoms with E-state index in [1.54, 1.807) is 24.3 Å². The molecule has 0 saturated carbocycles. The molecule has 2 heterocycles. The van der Waals surface area contributed by atoms with Crippen LogP contribution in [0.15, 0.2) is 18.3 Å². The van der Waals surface area contributed by atoms with Gasteiger partial charge in [-0.3, -0.25) is 4.79 Å². The van der Waals surface area contributed by atoms with Crippen LogP contribution in [0.25, 0.3) is 0 Å². The summed E-state index contributed by atoms with van der Waals surface area (Å²) in [6.45, 7) is 1.19. The van der Waals surface area contributed by atoms with E-state index in [9.17, 15) is 4.79 Å². The molecule has 1 aliphatic heterocycles. The van der Waals surface area contributed by atoms with E-state index < -0.39 is 0 Å². The summed E-state index contributed by atoms with van der Waals surface area (Å²) < 4.78 is 4.96. The lowest BCUT2D eigenvalue weighted by molar-refractivity contribution is -0.128. The first-order chi connectivity index (χ1) is 7.69. The Balaban J connectivity index is 2.01. The third kappa shape index (κ3) is 2.44. The number of hydrogen-bond donors (Lipinski definition) is 0. The molecule has 86 valence electrons. The molecule has 4 nitrogen and oxygen atoms in total. The van der Waals surface area contributed by atoms with Gasteiger partial charge in [0.1, 0.15) is 0 Å². The number of likely N-dealkylation sites (tertiary alicyclic amines) is 1. The highest BCUT2D eigenvalue weighted by Crippen LogP contribution is 2.19. The maximum Gasteiger partial charge on any atom is 0.224 e. The summed E-state index contributed by atoms with van der Waals surface area (Å²) in [6.07, 6.45) is 2.15. The Labute approximate surface area is 99.2 Å². The average Bonchev–Trinajstić information content (AvgIpc) is 2.59. The number of aromatic nitrogens is 1. The van der Waals surface area contributed by atoms with Gasteiger partial charge in [-0.15, -0.1) is 11.6 Å². The molecule has 1 fully saturated rings. The smallest absolute Gasteiger partial charge is 0.224 e. The molecular weight excluding hydrogens is 228 g/mol. The van der Waals surface area contributed by atoms with Gasteiger partial charge < -0.3 is 9.64 Å². The summed E-state index contributed by atoms with van der Waals surface area (Å²) in [5.74, 6) is 0.683. The fourth-order valence-corrected chi connectivity index (χ4v) is 2.02. The van der Waals surface area contributed by atoms with E-state index in [1.165, 1.54) is 0 Å². The fraction of sp³-hybridized carbons (Fsp3) is 0.455. The van der Waals surface area contributed by atoms with E-state index in [1.807, 2.05) is 6.07 Å². The van der Waals surface area contributed by atoms with Gasteiger partial charge in [0.25, 0.3) is 0 Å². The Hall–Kier alpha value is -1.29. The van der Waals surface area contributed by atoms with E-state index in [4.69, 9.17) is 16.3 Å². The number of pyridine rings is 1. The first-order valence-electron chi connectivity index (χ1n) is 5.10. The zero-order valence-corrected chi connectivity index (χ0v) is 9.78. The van der Waals surface area contributed by atoms with Gasteiger partial charge in [0, 0.05) is 31.8 Å². The molecule has 1 aromatic rings. The van der Waals surface area contributed by atoms with Crippen LogP contribution in [0.3, 0.4) is 0 Å². The molecule has 1 unspecified atom stereocenters. The van der Waals surface area contributed by atoms with E-state index in [-0.39, 0.29) is 11.3 Å². The number of nitrogens with zero attached hydrogens (tertiary/aromatic N) is 2. The van der Waals surface area contributed by atoms with Crippen molar-refractivity contribution < 1.29 is 9.53 Å². The summed E-state index contributed by atoms with van der Waals surface area (Å²) in [7, 11) is 1.57. The van der Waals surface area contributed by atoms with Crippen molar-refractivity contribution in [2.24, 2.45) is 0 Å². The van der Waals surface area contributed by atoms with E-state index >= 15 is 0 Å². The molecule has 1 amide bonds. The number of carbonyl (C=O) groups is 1. The van der Waals surface area contributed by atoms with Crippen LogP contribution in [-0.4, -0.2) is 34.8 Å². The van der Waals surface area contributed by atoms with Crippen molar-refractivity contribution in [1.82, 2.24) is 9.88 Å². The number of ether oxygens (including phenoxy) is 1. The van der Waals surface area contributed by atoms with Crippen LogP contribution in [-0.2, 0) is 11.3 Å². The van der Waals surface area contributed by atoms with Crippen LogP contribution in [0.2, 0.25) is 0 Å². The number of halogens is 1. The number of amides is 1. The zero-order chi connectivity index (χ0) is 11.5. The highest BCUT2D eigenvalue weighted by molar-refractivity contribution is 6.22. The molecule has 2 rings (SSSR count). The molecule has 5 heteroatoms. The molecule has 0 radical (unpaired) electrons. The van der Waals surface area contributed by atoms with Crippen molar-refractivity contribution in [3.63, 3.8) is 0 Å². The van der Waals surface area contributed by atoms with E-state index in [0.29, 0.717) is 25.4 Å². The Kier molecular flexibility index (Phi) is 3.29. The van der Waals surface area contributed by atoms with Crippen molar-refractivity contribution >= 4 is 17.5 Å². The quantitative estimate of drug-likeness (QED) is 0.751. The molecule has 1 atom stereocenters. The number of methoxy groups -OCH3 is 1. The monoisotopic (exact) mass is 240 g/mol. The topological polar surface area (TPSA) is 42.4 Å². The van der Waals surface area contributed by atoms with Gasteiger partial charge in [-0.05, 0) is 5.56 Å². The SMILES string of the molecule is COc1ccc(CN2CC(Cl)CC2=O)cn1. The summed E-state index contributed by atoms with van der Waals surface area (Å²) >= 11 is 5.92. The minimum atomic E-state index is -0.0568. The van der Waals surface area contributed by atoms with Gasteiger partial charge in [0.15, 0.2) is 0 Å². The van der Waals surface area contributed by atoms with Gasteiger partial charge in [0.05, 0.1) is 12.5 Å². The number of hydrogen-bond acceptors (Lipinski definition) is 3. The van der Waals surface area contributed by atoms with Gasteiger partial charge in [-0.25, -0.2) is 4.98 Å². The number of alkyl halides is 1. The predicted molar refractivity (Wildman–Crippen MR) is 60.5 cm³/mol. The van der Waals surface area contributed by atoms with Gasteiger partial charge >= 0.3 is 0 Å². The van der Waals surface area contributed by atoms with E-state index in [2.05, 4.69) is 4.98 Å². The molecular formula is C11H13ClN2O2. The zero-order valence-electron chi connectivity index (χ0n) is 9.02. The maximum atomic E-state index is 11.5. The van der Waals surface area contributed by atoms with Crippen molar-refractivity contribution in [2.75, 3.05) is 13.7 Å². The van der Waals surface area contributed by atoms with Crippen LogP contribution in [0.4, 0.5) is 0 Å². The summed E-state index contributed by atoms with van der Waals surface area (Å²) in [4.78, 5) is 17.3. The minimum absolute atomic E-state index is 0.0568. The Bertz CT molecular complexity index is 380. The molecule has 0 aliphatic carbocycles. The average molecular weight is 241 g/mol.